The molecule has 0 fully saturated rings. The highest BCUT2D eigenvalue weighted by Gasteiger charge is 2.27. The summed E-state index contributed by atoms with van der Waals surface area (Å²) in [6.07, 6.45) is -1.37. The molecule has 2 atom stereocenters. The number of phenols is 2. The van der Waals surface area contributed by atoms with Gasteiger partial charge in [-0.05, 0) is 26.2 Å². The van der Waals surface area contributed by atoms with Crippen molar-refractivity contribution >= 4 is 29.1 Å². The summed E-state index contributed by atoms with van der Waals surface area (Å²) in [5, 5.41) is 29.5. The highest BCUT2D eigenvalue weighted by Crippen LogP contribution is 2.37. The van der Waals surface area contributed by atoms with Crippen LogP contribution in [-0.2, 0) is 20.7 Å². The number of phenolic OH excluding ortho intramolecular Hbond substituents is 2. The molecule has 0 radical (unpaired) electrons. The van der Waals surface area contributed by atoms with Gasteiger partial charge in [-0.25, -0.2) is 4.79 Å². The molecule has 3 N–H and O–H groups in total. The number of fused-ring (bicyclic) bond motifs is 1. The van der Waals surface area contributed by atoms with Crippen molar-refractivity contribution in [2.75, 3.05) is 0 Å². The molecule has 1 heterocycles. The first-order valence-electron chi connectivity index (χ1n) is 8.37. The Balaban J connectivity index is 2.40. The van der Waals surface area contributed by atoms with Gasteiger partial charge in [0.1, 0.15) is 28.9 Å². The van der Waals surface area contributed by atoms with Crippen LogP contribution in [0.1, 0.15) is 54.9 Å². The van der Waals surface area contributed by atoms with Gasteiger partial charge < -0.3 is 20.1 Å². The SMILES string of the molecule is C[C@@H]1CC[C@H](O)C(=O)CCCC(=O)Cc2c(Cl)c(O)cc(O)c2C(=O)O1. The fourth-order valence-electron chi connectivity index (χ4n) is 2.84. The summed E-state index contributed by atoms with van der Waals surface area (Å²) in [5.74, 6) is -2.55. The number of ketones is 2. The third-order valence-electron chi connectivity index (χ3n) is 4.30. The summed E-state index contributed by atoms with van der Waals surface area (Å²) in [6.45, 7) is 1.59. The van der Waals surface area contributed by atoms with E-state index in [9.17, 15) is 29.7 Å². The molecule has 0 bridgehead atoms. The van der Waals surface area contributed by atoms with Gasteiger partial charge in [-0.15, -0.1) is 0 Å². The average molecular weight is 385 g/mol. The first kappa shape index (κ1) is 20.2. The molecule has 0 spiro atoms. The van der Waals surface area contributed by atoms with Gasteiger partial charge in [-0.1, -0.05) is 11.6 Å². The van der Waals surface area contributed by atoms with Crippen LogP contribution in [0.3, 0.4) is 0 Å². The van der Waals surface area contributed by atoms with E-state index in [1.165, 1.54) is 0 Å². The molecule has 0 saturated heterocycles. The maximum absolute atomic E-state index is 12.5. The third-order valence-corrected chi connectivity index (χ3v) is 4.73. The molecule has 0 aliphatic carbocycles. The third kappa shape index (κ3) is 4.74. The number of aliphatic hydroxyl groups excluding tert-OH is 1. The van der Waals surface area contributed by atoms with Crippen molar-refractivity contribution < 1.29 is 34.4 Å². The van der Waals surface area contributed by atoms with Crippen LogP contribution >= 0.6 is 11.6 Å². The van der Waals surface area contributed by atoms with Crippen LogP contribution in [0.5, 0.6) is 11.5 Å². The van der Waals surface area contributed by atoms with Gasteiger partial charge in [0, 0.05) is 30.9 Å². The smallest absolute Gasteiger partial charge is 0.342 e. The first-order chi connectivity index (χ1) is 12.2. The highest BCUT2D eigenvalue weighted by molar-refractivity contribution is 6.33. The normalized spacial score (nSPS) is 23.1. The van der Waals surface area contributed by atoms with E-state index in [4.69, 9.17) is 16.3 Å². The Labute approximate surface area is 155 Å². The highest BCUT2D eigenvalue weighted by atomic mass is 35.5. The Hall–Kier alpha value is -2.12. The fourth-order valence-corrected chi connectivity index (χ4v) is 3.06. The van der Waals surface area contributed by atoms with Gasteiger partial charge >= 0.3 is 5.97 Å². The van der Waals surface area contributed by atoms with Crippen LogP contribution in [0.2, 0.25) is 5.02 Å². The number of cyclic esters (lactones) is 1. The van der Waals surface area contributed by atoms with E-state index >= 15 is 0 Å². The molecule has 0 unspecified atom stereocenters. The van der Waals surface area contributed by atoms with E-state index in [0.717, 1.165) is 6.07 Å². The Morgan fingerprint density at radius 1 is 1.12 bits per heavy atom. The van der Waals surface area contributed by atoms with Crippen molar-refractivity contribution in [1.29, 1.82) is 0 Å². The molecular formula is C18H21ClO7. The standard InChI is InChI=1S/C18H21ClO7/c1-9-5-6-13(22)12(21)4-2-3-10(20)7-11-16(18(25)26-9)14(23)8-15(24)17(11)19/h8-9,13,22-24H,2-7H2,1H3/t9-,13+/m1/s1. The fraction of sp³-hybridized carbons (Fsp3) is 0.500. The maximum atomic E-state index is 12.5. The average Bonchev–Trinajstić information content (AvgIpc) is 2.56. The van der Waals surface area contributed by atoms with Crippen molar-refractivity contribution in [3.05, 3.63) is 22.2 Å². The largest absolute Gasteiger partial charge is 0.507 e. The lowest BCUT2D eigenvalue weighted by Gasteiger charge is -2.19. The molecule has 1 aromatic carbocycles. The van der Waals surface area contributed by atoms with Crippen molar-refractivity contribution in [3.8, 4) is 11.5 Å². The molecule has 2 rings (SSSR count). The number of hydrogen-bond donors (Lipinski definition) is 3. The monoisotopic (exact) mass is 384 g/mol. The van der Waals surface area contributed by atoms with Crippen molar-refractivity contribution in [2.45, 2.75) is 57.7 Å². The molecule has 0 aromatic heterocycles. The number of carbonyl (C=O) groups is 3. The van der Waals surface area contributed by atoms with Crippen LogP contribution in [0, 0.1) is 0 Å². The lowest BCUT2D eigenvalue weighted by molar-refractivity contribution is -0.127. The number of rotatable bonds is 0. The van der Waals surface area contributed by atoms with E-state index < -0.39 is 29.7 Å². The lowest BCUT2D eigenvalue weighted by atomic mass is 9.96. The molecule has 0 saturated carbocycles. The predicted octanol–water partition coefficient (Wildman–Crippen LogP) is 2.30. The quantitative estimate of drug-likeness (QED) is 0.587. The van der Waals surface area contributed by atoms with E-state index in [-0.39, 0.29) is 66.2 Å². The van der Waals surface area contributed by atoms with Crippen molar-refractivity contribution in [1.82, 2.24) is 0 Å². The first-order valence-corrected chi connectivity index (χ1v) is 8.75. The number of carbonyl (C=O) groups excluding carboxylic acids is 3. The minimum absolute atomic E-state index is 0.00483. The molecular weight excluding hydrogens is 364 g/mol. The van der Waals surface area contributed by atoms with Gasteiger partial charge in [-0.3, -0.25) is 9.59 Å². The number of benzene rings is 1. The second kappa shape index (κ2) is 8.51. The van der Waals surface area contributed by atoms with Gasteiger partial charge in [0.25, 0.3) is 0 Å². The van der Waals surface area contributed by atoms with Crippen LogP contribution in [0.15, 0.2) is 6.07 Å². The van der Waals surface area contributed by atoms with Gasteiger partial charge in [0.2, 0.25) is 0 Å². The molecule has 8 heteroatoms. The molecule has 26 heavy (non-hydrogen) atoms. The van der Waals surface area contributed by atoms with Crippen LogP contribution < -0.4 is 0 Å². The molecule has 142 valence electrons. The Bertz CT molecular complexity index is 729. The zero-order valence-corrected chi connectivity index (χ0v) is 15.1. The number of aromatic hydroxyl groups is 2. The number of halogens is 1. The summed E-state index contributed by atoms with van der Waals surface area (Å²) >= 11 is 6.04. The lowest BCUT2D eigenvalue weighted by Crippen LogP contribution is -2.24. The second-order valence-corrected chi connectivity index (χ2v) is 6.80. The van der Waals surface area contributed by atoms with Crippen LogP contribution in [-0.4, -0.2) is 45.1 Å². The second-order valence-electron chi connectivity index (χ2n) is 6.43. The Kier molecular flexibility index (Phi) is 6.61. The van der Waals surface area contributed by atoms with E-state index in [0.29, 0.717) is 0 Å². The predicted molar refractivity (Wildman–Crippen MR) is 92.5 cm³/mol. The molecule has 7 nitrogen and oxygen atoms in total. The minimum atomic E-state index is -1.17. The molecule has 1 aromatic rings. The van der Waals surface area contributed by atoms with Gasteiger partial charge in [-0.2, -0.15) is 0 Å². The number of hydrogen-bond acceptors (Lipinski definition) is 7. The van der Waals surface area contributed by atoms with Crippen molar-refractivity contribution in [3.63, 3.8) is 0 Å². The summed E-state index contributed by atoms with van der Waals surface area (Å²) in [4.78, 5) is 36.5. The molecule has 1 aliphatic rings. The maximum Gasteiger partial charge on any atom is 0.342 e. The molecule has 0 amide bonds. The zero-order chi connectivity index (χ0) is 19.4. The van der Waals surface area contributed by atoms with E-state index in [2.05, 4.69) is 0 Å². The number of aliphatic hydroxyl groups is 1. The molecule has 1 aliphatic heterocycles. The Morgan fingerprint density at radius 2 is 1.81 bits per heavy atom. The minimum Gasteiger partial charge on any atom is -0.507 e. The van der Waals surface area contributed by atoms with E-state index in [1.54, 1.807) is 6.92 Å². The summed E-state index contributed by atoms with van der Waals surface area (Å²) in [6, 6.07) is 0.920. The van der Waals surface area contributed by atoms with Gasteiger partial charge in [0.15, 0.2) is 5.78 Å². The zero-order valence-electron chi connectivity index (χ0n) is 14.3. The Morgan fingerprint density at radius 3 is 2.50 bits per heavy atom. The number of Topliss-reactive ketones (excluding diaryl/α,β-unsaturated/α-hetero) is 2. The van der Waals surface area contributed by atoms with Crippen LogP contribution in [0.25, 0.3) is 0 Å². The van der Waals surface area contributed by atoms with Gasteiger partial charge in [0.05, 0.1) is 11.1 Å². The number of esters is 1. The van der Waals surface area contributed by atoms with Crippen molar-refractivity contribution in [2.24, 2.45) is 0 Å². The van der Waals surface area contributed by atoms with Crippen LogP contribution in [0.4, 0.5) is 0 Å². The topological polar surface area (TPSA) is 121 Å². The number of ether oxygens (including phenoxy) is 1. The summed E-state index contributed by atoms with van der Waals surface area (Å²) in [5.41, 5.74) is -0.267. The van der Waals surface area contributed by atoms with E-state index in [1.807, 2.05) is 0 Å². The summed E-state index contributed by atoms with van der Waals surface area (Å²) in [7, 11) is 0. The summed E-state index contributed by atoms with van der Waals surface area (Å²) < 4.78 is 5.24.